The number of halogens is 2. The predicted octanol–water partition coefficient (Wildman–Crippen LogP) is 5.34. The Bertz CT molecular complexity index is 1120. The summed E-state index contributed by atoms with van der Waals surface area (Å²) >= 11 is 6.29. The molecule has 1 N–H and O–H groups in total. The maximum atomic E-state index is 14.7. The molecular weight excluding hydrogens is 421 g/mol. The van der Waals surface area contributed by atoms with Crippen molar-refractivity contribution in [1.82, 2.24) is 0 Å². The predicted molar refractivity (Wildman–Crippen MR) is 115 cm³/mol. The number of nitrogens with zero attached hydrogens (tertiary/aromatic N) is 1. The van der Waals surface area contributed by atoms with Crippen molar-refractivity contribution in [3.63, 3.8) is 0 Å². The van der Waals surface area contributed by atoms with E-state index in [9.17, 15) is 18.8 Å². The molecule has 7 heteroatoms. The Morgan fingerprint density at radius 2 is 1.81 bits per heavy atom. The van der Waals surface area contributed by atoms with Gasteiger partial charge in [-0.3, -0.25) is 14.5 Å². The van der Waals surface area contributed by atoms with Gasteiger partial charge in [0.2, 0.25) is 5.91 Å². The number of aromatic carboxylic acids is 1. The summed E-state index contributed by atoms with van der Waals surface area (Å²) in [6, 6.07) is 10.3. The van der Waals surface area contributed by atoms with Gasteiger partial charge in [0, 0.05) is 46.3 Å². The molecule has 1 amide bonds. The summed E-state index contributed by atoms with van der Waals surface area (Å²) in [5.74, 6) is -2.80. The highest BCUT2D eigenvalue weighted by Gasteiger charge is 2.45. The van der Waals surface area contributed by atoms with E-state index in [1.165, 1.54) is 29.2 Å². The Morgan fingerprint density at radius 1 is 1.13 bits per heavy atom. The molecule has 0 aromatic heterocycles. The number of rotatable bonds is 3. The van der Waals surface area contributed by atoms with Crippen LogP contribution in [0.3, 0.4) is 0 Å². The van der Waals surface area contributed by atoms with E-state index >= 15 is 0 Å². The molecule has 2 aromatic carbocycles. The van der Waals surface area contributed by atoms with E-state index < -0.39 is 17.7 Å². The van der Waals surface area contributed by atoms with Crippen LogP contribution in [0.2, 0.25) is 5.02 Å². The smallest absolute Gasteiger partial charge is 0.335 e. The Balaban J connectivity index is 1.91. The number of Topliss-reactive ketones (excluding diaryl/α,β-unsaturated/α-hetero) is 1. The molecule has 1 unspecified atom stereocenters. The second kappa shape index (κ2) is 7.61. The van der Waals surface area contributed by atoms with Crippen molar-refractivity contribution < 1.29 is 23.9 Å². The maximum Gasteiger partial charge on any atom is 0.335 e. The zero-order valence-corrected chi connectivity index (χ0v) is 17.9. The molecule has 2 aliphatic rings. The van der Waals surface area contributed by atoms with Gasteiger partial charge in [-0.1, -0.05) is 31.5 Å². The maximum absolute atomic E-state index is 14.7. The van der Waals surface area contributed by atoms with Crippen molar-refractivity contribution in [3.8, 4) is 0 Å². The van der Waals surface area contributed by atoms with Crippen molar-refractivity contribution in [2.75, 3.05) is 4.90 Å². The van der Waals surface area contributed by atoms with Gasteiger partial charge in [0.05, 0.1) is 5.56 Å². The first kappa shape index (κ1) is 21.2. The SMILES string of the molecule is CC1(C)CC(=O)C2=C(C1)N(c1ccc(C(=O)O)cc1)C(=O)CC2c1c(F)cccc1Cl. The minimum absolute atomic E-state index is 0.0958. The Morgan fingerprint density at radius 3 is 2.42 bits per heavy atom. The number of anilines is 1. The van der Waals surface area contributed by atoms with Crippen molar-refractivity contribution in [2.24, 2.45) is 5.41 Å². The molecule has 0 bridgehead atoms. The van der Waals surface area contributed by atoms with Gasteiger partial charge in [0.15, 0.2) is 5.78 Å². The summed E-state index contributed by atoms with van der Waals surface area (Å²) in [5.41, 5.74) is 1.30. The quantitative estimate of drug-likeness (QED) is 0.697. The number of allylic oxidation sites excluding steroid dienone is 2. The first-order chi connectivity index (χ1) is 14.6. The zero-order chi connectivity index (χ0) is 22.5. The molecule has 4 rings (SSSR count). The average molecular weight is 442 g/mol. The highest BCUT2D eigenvalue weighted by atomic mass is 35.5. The Kier molecular flexibility index (Phi) is 5.21. The molecule has 160 valence electrons. The van der Waals surface area contributed by atoms with E-state index in [1.54, 1.807) is 18.2 Å². The summed E-state index contributed by atoms with van der Waals surface area (Å²) in [6.45, 7) is 3.90. The highest BCUT2D eigenvalue weighted by molar-refractivity contribution is 6.31. The lowest BCUT2D eigenvalue weighted by molar-refractivity contribution is -0.121. The molecule has 1 heterocycles. The summed E-state index contributed by atoms with van der Waals surface area (Å²) in [5, 5.41) is 9.34. The fourth-order valence-electron chi connectivity index (χ4n) is 4.56. The van der Waals surface area contributed by atoms with Crippen LogP contribution < -0.4 is 4.90 Å². The van der Waals surface area contributed by atoms with E-state index in [2.05, 4.69) is 0 Å². The van der Waals surface area contributed by atoms with Gasteiger partial charge in [-0.25, -0.2) is 9.18 Å². The van der Waals surface area contributed by atoms with Crippen LogP contribution in [0.5, 0.6) is 0 Å². The number of hydrogen-bond donors (Lipinski definition) is 1. The van der Waals surface area contributed by atoms with E-state index in [0.717, 1.165) is 0 Å². The number of hydrogen-bond acceptors (Lipinski definition) is 3. The number of carbonyl (C=O) groups excluding carboxylic acids is 2. The molecule has 2 aromatic rings. The Hall–Kier alpha value is -2.99. The molecule has 0 saturated heterocycles. The molecule has 1 atom stereocenters. The summed E-state index contributed by atoms with van der Waals surface area (Å²) in [6.07, 6.45) is 0.629. The van der Waals surface area contributed by atoms with E-state index in [4.69, 9.17) is 16.7 Å². The minimum atomic E-state index is -1.07. The van der Waals surface area contributed by atoms with Gasteiger partial charge >= 0.3 is 5.97 Å². The molecule has 31 heavy (non-hydrogen) atoms. The van der Waals surface area contributed by atoms with Gasteiger partial charge in [0.1, 0.15) is 5.82 Å². The van der Waals surface area contributed by atoms with E-state index in [0.29, 0.717) is 23.4 Å². The third-order valence-corrected chi connectivity index (χ3v) is 6.19. The second-order valence-electron chi connectivity index (χ2n) is 8.77. The summed E-state index contributed by atoms with van der Waals surface area (Å²) in [4.78, 5) is 39.2. The summed E-state index contributed by atoms with van der Waals surface area (Å²) in [7, 11) is 0. The van der Waals surface area contributed by atoms with Crippen LogP contribution in [0.1, 0.15) is 54.9 Å². The average Bonchev–Trinajstić information content (AvgIpc) is 2.66. The number of carbonyl (C=O) groups is 3. The first-order valence-electron chi connectivity index (χ1n) is 9.95. The molecule has 1 aliphatic heterocycles. The molecular formula is C24H21ClFNO4. The van der Waals surface area contributed by atoms with Gasteiger partial charge < -0.3 is 5.11 Å². The van der Waals surface area contributed by atoms with Gasteiger partial charge in [-0.2, -0.15) is 0 Å². The number of carboxylic acids is 1. The van der Waals surface area contributed by atoms with Crippen LogP contribution in [0.15, 0.2) is 53.7 Å². The molecule has 0 radical (unpaired) electrons. The van der Waals surface area contributed by atoms with Gasteiger partial charge in [0.25, 0.3) is 0 Å². The third-order valence-electron chi connectivity index (χ3n) is 5.86. The number of amides is 1. The lowest BCUT2D eigenvalue weighted by Crippen LogP contribution is -2.44. The van der Waals surface area contributed by atoms with E-state index in [-0.39, 0.29) is 46.1 Å². The van der Waals surface area contributed by atoms with Crippen LogP contribution in [0, 0.1) is 11.2 Å². The topological polar surface area (TPSA) is 74.7 Å². The standard InChI is InChI=1S/C24H21ClFNO4/c1-24(2)11-18-22(19(28)12-24)15(21-16(25)4-3-5-17(21)26)10-20(29)27(18)14-8-6-13(7-9-14)23(30)31/h3-9,15H,10-12H2,1-2H3,(H,30,31). The number of ketones is 1. The second-order valence-corrected chi connectivity index (χ2v) is 9.18. The largest absolute Gasteiger partial charge is 0.478 e. The van der Waals surface area contributed by atoms with Crippen LogP contribution >= 0.6 is 11.6 Å². The van der Waals surface area contributed by atoms with Gasteiger partial charge in [-0.05, 0) is 48.2 Å². The normalized spacial score (nSPS) is 20.6. The minimum Gasteiger partial charge on any atom is -0.478 e. The zero-order valence-electron chi connectivity index (χ0n) is 17.1. The Labute approximate surface area is 184 Å². The van der Waals surface area contributed by atoms with Gasteiger partial charge in [-0.15, -0.1) is 0 Å². The van der Waals surface area contributed by atoms with Crippen molar-refractivity contribution in [2.45, 2.75) is 39.0 Å². The monoisotopic (exact) mass is 441 g/mol. The molecule has 0 saturated carbocycles. The van der Waals surface area contributed by atoms with Crippen LogP contribution in [0.4, 0.5) is 10.1 Å². The van der Waals surface area contributed by atoms with Crippen LogP contribution in [0.25, 0.3) is 0 Å². The molecule has 0 fully saturated rings. The van der Waals surface area contributed by atoms with Crippen molar-refractivity contribution >= 4 is 34.9 Å². The number of benzene rings is 2. The summed E-state index contributed by atoms with van der Waals surface area (Å²) < 4.78 is 14.7. The molecule has 1 aliphatic carbocycles. The first-order valence-corrected chi connectivity index (χ1v) is 10.3. The molecule has 5 nitrogen and oxygen atoms in total. The fraction of sp³-hybridized carbons (Fsp3) is 0.292. The lowest BCUT2D eigenvalue weighted by atomic mass is 9.69. The molecule has 0 spiro atoms. The number of carboxylic acid groups (broad SMARTS) is 1. The third kappa shape index (κ3) is 3.76. The highest BCUT2D eigenvalue weighted by Crippen LogP contribution is 2.49. The fourth-order valence-corrected chi connectivity index (χ4v) is 4.85. The van der Waals surface area contributed by atoms with Crippen molar-refractivity contribution in [1.29, 1.82) is 0 Å². The lowest BCUT2D eigenvalue weighted by Gasteiger charge is -2.43. The van der Waals surface area contributed by atoms with E-state index in [1.807, 2.05) is 13.8 Å². The van der Waals surface area contributed by atoms with Crippen molar-refractivity contribution in [3.05, 3.63) is 75.7 Å². The van der Waals surface area contributed by atoms with Crippen LogP contribution in [-0.4, -0.2) is 22.8 Å². The van der Waals surface area contributed by atoms with Crippen LogP contribution in [-0.2, 0) is 9.59 Å².